The molecule has 3 heterocycles. The van der Waals surface area contributed by atoms with Crippen LogP contribution in [0.25, 0.3) is 17.0 Å². The van der Waals surface area contributed by atoms with Crippen LogP contribution in [0, 0.1) is 13.8 Å². The monoisotopic (exact) mass is 368 g/mol. The summed E-state index contributed by atoms with van der Waals surface area (Å²) in [6.07, 6.45) is 0. The summed E-state index contributed by atoms with van der Waals surface area (Å²) in [5.41, 5.74) is 0. The van der Waals surface area contributed by atoms with E-state index in [0.717, 1.165) is 0 Å². The van der Waals surface area contributed by atoms with Crippen LogP contribution in [0.3, 0.4) is 0 Å². The van der Waals surface area contributed by atoms with E-state index in [9.17, 15) is 0 Å². The van der Waals surface area contributed by atoms with Crippen LogP contribution < -0.4 is 0 Å². The standard InChI is InChI=1S/C10H8Se3/c1-5-3-7-9(11-5)10-8(13-7)4-6(2)12-10/h3-4H,1-2H3. The van der Waals surface area contributed by atoms with Gasteiger partial charge in [-0.1, -0.05) is 0 Å². The second-order valence-electron chi connectivity index (χ2n) is 3.20. The summed E-state index contributed by atoms with van der Waals surface area (Å²) in [7, 11) is 0. The van der Waals surface area contributed by atoms with Gasteiger partial charge in [-0.2, -0.15) is 0 Å². The van der Waals surface area contributed by atoms with Gasteiger partial charge in [0.05, 0.1) is 0 Å². The molecule has 0 radical (unpaired) electrons. The molecular weight excluding hydrogens is 357 g/mol. The maximum atomic E-state index is 2.45. The van der Waals surface area contributed by atoms with Crippen LogP contribution in [-0.4, -0.2) is 43.5 Å². The molecule has 0 N–H and O–H groups in total. The summed E-state index contributed by atoms with van der Waals surface area (Å²) < 4.78 is 10.2. The fraction of sp³-hybridized carbons (Fsp3) is 0.200. The van der Waals surface area contributed by atoms with Crippen LogP contribution in [0.1, 0.15) is 8.87 Å². The first-order valence-corrected chi connectivity index (χ1v) is 9.27. The van der Waals surface area contributed by atoms with Crippen LogP contribution in [0.5, 0.6) is 0 Å². The summed E-state index contributed by atoms with van der Waals surface area (Å²) in [5, 5.41) is 0. The SMILES string of the molecule is Cc1cc2[se]c3cc(C)[se]c3c2[se]1. The summed E-state index contributed by atoms with van der Waals surface area (Å²) in [5.74, 6) is 0. The van der Waals surface area contributed by atoms with E-state index in [-0.39, 0.29) is 0 Å². The van der Waals surface area contributed by atoms with E-state index in [4.69, 9.17) is 0 Å². The molecule has 13 heavy (non-hydrogen) atoms. The van der Waals surface area contributed by atoms with Gasteiger partial charge in [0.2, 0.25) is 0 Å². The number of hydrogen-bond donors (Lipinski definition) is 0. The predicted molar refractivity (Wildman–Crippen MR) is 61.7 cm³/mol. The zero-order chi connectivity index (χ0) is 9.00. The Bertz CT molecular complexity index is 529. The van der Waals surface area contributed by atoms with Gasteiger partial charge in [-0.05, 0) is 0 Å². The molecule has 3 aromatic heterocycles. The molecule has 0 atom stereocenters. The number of aryl methyl sites for hydroxylation is 2. The van der Waals surface area contributed by atoms with Crippen LogP contribution >= 0.6 is 0 Å². The Kier molecular flexibility index (Phi) is 2.03. The molecule has 3 heteroatoms. The van der Waals surface area contributed by atoms with Gasteiger partial charge in [0.25, 0.3) is 0 Å². The third-order valence-corrected chi connectivity index (χ3v) is 10.8. The molecule has 0 saturated heterocycles. The number of fused-ring (bicyclic) bond motifs is 3. The minimum atomic E-state index is 0.670. The Morgan fingerprint density at radius 3 is 1.69 bits per heavy atom. The zero-order valence-corrected chi connectivity index (χ0v) is 12.5. The molecule has 0 amide bonds. The van der Waals surface area contributed by atoms with Crippen molar-refractivity contribution in [3.63, 3.8) is 0 Å². The average Bonchev–Trinajstić information content (AvgIpc) is 2.60. The Balaban J connectivity index is 2.56. The van der Waals surface area contributed by atoms with Crippen LogP contribution in [0.15, 0.2) is 12.1 Å². The van der Waals surface area contributed by atoms with Crippen molar-refractivity contribution in [2.45, 2.75) is 13.8 Å². The molecule has 0 nitrogen and oxygen atoms in total. The van der Waals surface area contributed by atoms with Crippen LogP contribution in [-0.2, 0) is 0 Å². The summed E-state index contributed by atoms with van der Waals surface area (Å²) in [6.45, 7) is 4.58. The first-order chi connectivity index (χ1) is 6.24. The van der Waals surface area contributed by atoms with Gasteiger partial charge in [-0.3, -0.25) is 0 Å². The van der Waals surface area contributed by atoms with Gasteiger partial charge in [0.1, 0.15) is 0 Å². The number of rotatable bonds is 0. The van der Waals surface area contributed by atoms with E-state index >= 15 is 0 Å². The first kappa shape index (κ1) is 8.80. The summed E-state index contributed by atoms with van der Waals surface area (Å²) in [4.78, 5) is 0. The molecule has 0 unspecified atom stereocenters. The van der Waals surface area contributed by atoms with Crippen molar-refractivity contribution in [1.29, 1.82) is 0 Å². The normalized spacial score (nSPS) is 11.8. The number of hydrogen-bond acceptors (Lipinski definition) is 0. The molecule has 0 spiro atoms. The van der Waals surface area contributed by atoms with Crippen molar-refractivity contribution in [3.8, 4) is 0 Å². The Morgan fingerprint density at radius 2 is 1.23 bits per heavy atom. The molecule has 3 rings (SSSR count). The van der Waals surface area contributed by atoms with Crippen molar-refractivity contribution in [1.82, 2.24) is 0 Å². The molecule has 0 fully saturated rings. The van der Waals surface area contributed by atoms with E-state index < -0.39 is 0 Å². The molecule has 3 aromatic rings. The molecule has 0 aliphatic rings. The van der Waals surface area contributed by atoms with Gasteiger partial charge >= 0.3 is 95.4 Å². The van der Waals surface area contributed by atoms with Crippen molar-refractivity contribution < 1.29 is 0 Å². The topological polar surface area (TPSA) is 0 Å². The second kappa shape index (κ2) is 3.00. The van der Waals surface area contributed by atoms with Gasteiger partial charge < -0.3 is 0 Å². The third kappa shape index (κ3) is 1.31. The minimum absolute atomic E-state index is 0.670. The van der Waals surface area contributed by atoms with E-state index in [1.54, 1.807) is 25.9 Å². The molecular formula is C10H8Se3. The first-order valence-electron chi connectivity index (χ1n) is 4.13. The van der Waals surface area contributed by atoms with Gasteiger partial charge in [0, 0.05) is 0 Å². The molecule has 0 aliphatic heterocycles. The van der Waals surface area contributed by atoms with Crippen molar-refractivity contribution in [2.75, 3.05) is 0 Å². The Hall–Kier alpha value is 0.518. The maximum absolute atomic E-state index is 2.45. The summed E-state index contributed by atoms with van der Waals surface area (Å²) in [6, 6.07) is 4.90. The van der Waals surface area contributed by atoms with Gasteiger partial charge in [0.15, 0.2) is 0 Å². The molecule has 0 bridgehead atoms. The predicted octanol–water partition coefficient (Wildman–Crippen LogP) is 1.78. The average molecular weight is 365 g/mol. The zero-order valence-electron chi connectivity index (χ0n) is 7.38. The molecule has 0 aliphatic carbocycles. The quantitative estimate of drug-likeness (QED) is 0.533. The fourth-order valence-corrected chi connectivity index (χ4v) is 11.6. The van der Waals surface area contributed by atoms with Gasteiger partial charge in [-0.25, -0.2) is 0 Å². The van der Waals surface area contributed by atoms with Crippen molar-refractivity contribution in [2.24, 2.45) is 0 Å². The van der Waals surface area contributed by atoms with E-state index in [0.29, 0.717) is 43.5 Å². The molecule has 0 saturated carbocycles. The molecule has 0 aromatic carbocycles. The van der Waals surface area contributed by atoms with Gasteiger partial charge in [-0.15, -0.1) is 0 Å². The summed E-state index contributed by atoms with van der Waals surface area (Å²) >= 11 is 2.05. The van der Waals surface area contributed by atoms with Crippen LogP contribution in [0.4, 0.5) is 0 Å². The van der Waals surface area contributed by atoms with E-state index in [2.05, 4.69) is 26.0 Å². The fourth-order valence-electron chi connectivity index (χ4n) is 1.57. The Labute approximate surface area is 94.8 Å². The third-order valence-electron chi connectivity index (χ3n) is 2.07. The van der Waals surface area contributed by atoms with Crippen LogP contribution in [0.2, 0.25) is 0 Å². The second-order valence-corrected chi connectivity index (χ2v) is 10.7. The Morgan fingerprint density at radius 1 is 0.769 bits per heavy atom. The van der Waals surface area contributed by atoms with E-state index in [1.807, 2.05) is 0 Å². The van der Waals surface area contributed by atoms with Crippen molar-refractivity contribution in [3.05, 3.63) is 21.0 Å². The van der Waals surface area contributed by atoms with E-state index in [1.165, 1.54) is 0 Å². The van der Waals surface area contributed by atoms with Crippen molar-refractivity contribution >= 4 is 60.6 Å². The molecule has 66 valence electrons.